The molecule has 98 valence electrons. The fourth-order valence-corrected chi connectivity index (χ4v) is 1.21. The Balaban J connectivity index is 2.45. The second-order valence-electron chi connectivity index (χ2n) is 3.43. The summed E-state index contributed by atoms with van der Waals surface area (Å²) < 4.78 is 9.74. The number of anilines is 1. The molecule has 0 spiro atoms. The first-order valence-corrected chi connectivity index (χ1v) is 5.39. The maximum absolute atomic E-state index is 11.5. The van der Waals surface area contributed by atoms with Crippen LogP contribution >= 0.6 is 0 Å². The van der Waals surface area contributed by atoms with Gasteiger partial charge < -0.3 is 20.1 Å². The van der Waals surface area contributed by atoms with Gasteiger partial charge in [0.1, 0.15) is 5.75 Å². The molecule has 2 N–H and O–H groups in total. The second-order valence-corrected chi connectivity index (χ2v) is 3.43. The first-order chi connectivity index (χ1) is 8.67. The maximum Gasteiger partial charge on any atom is 0.313 e. The predicted octanol–water partition coefficient (Wildman–Crippen LogP) is 0.396. The number of ether oxygens (including phenoxy) is 2. The van der Waals surface area contributed by atoms with Crippen molar-refractivity contribution in [3.8, 4) is 5.75 Å². The maximum atomic E-state index is 11.5. The molecule has 1 rings (SSSR count). The lowest BCUT2D eigenvalue weighted by Crippen LogP contribution is -2.37. The molecule has 0 bridgehead atoms. The van der Waals surface area contributed by atoms with Crippen molar-refractivity contribution in [2.45, 2.75) is 0 Å². The lowest BCUT2D eigenvalue weighted by Gasteiger charge is -2.06. The van der Waals surface area contributed by atoms with Crippen LogP contribution in [0.5, 0.6) is 5.75 Å². The highest BCUT2D eigenvalue weighted by molar-refractivity contribution is 6.39. The van der Waals surface area contributed by atoms with Gasteiger partial charge in [-0.2, -0.15) is 0 Å². The normalized spacial score (nSPS) is 9.67. The zero-order valence-electron chi connectivity index (χ0n) is 10.4. The van der Waals surface area contributed by atoms with Gasteiger partial charge in [-0.05, 0) is 24.3 Å². The molecule has 0 fully saturated rings. The minimum atomic E-state index is -0.712. The first kappa shape index (κ1) is 14.0. The smallest absolute Gasteiger partial charge is 0.313 e. The molecule has 6 heteroatoms. The average Bonchev–Trinajstić information content (AvgIpc) is 2.39. The van der Waals surface area contributed by atoms with Crippen molar-refractivity contribution in [2.24, 2.45) is 0 Å². The summed E-state index contributed by atoms with van der Waals surface area (Å²) in [6, 6.07) is 6.69. The zero-order chi connectivity index (χ0) is 13.4. The molecule has 0 aliphatic rings. The Bertz CT molecular complexity index is 403. The van der Waals surface area contributed by atoms with Crippen molar-refractivity contribution in [1.29, 1.82) is 0 Å². The summed E-state index contributed by atoms with van der Waals surface area (Å²) >= 11 is 0. The molecule has 0 saturated heterocycles. The van der Waals surface area contributed by atoms with E-state index in [1.54, 1.807) is 31.4 Å². The molecule has 0 unspecified atom stereocenters. The molecular formula is C12H16N2O4. The van der Waals surface area contributed by atoms with E-state index in [0.717, 1.165) is 0 Å². The number of rotatable bonds is 5. The predicted molar refractivity (Wildman–Crippen MR) is 66.5 cm³/mol. The van der Waals surface area contributed by atoms with Crippen LogP contribution in [0.15, 0.2) is 24.3 Å². The summed E-state index contributed by atoms with van der Waals surface area (Å²) in [5.41, 5.74) is 0.530. The van der Waals surface area contributed by atoms with Crippen LogP contribution in [0, 0.1) is 0 Å². The van der Waals surface area contributed by atoms with Crippen molar-refractivity contribution < 1.29 is 19.1 Å². The number of carbonyl (C=O) groups is 2. The molecule has 2 amide bonds. The van der Waals surface area contributed by atoms with Crippen molar-refractivity contribution >= 4 is 17.5 Å². The van der Waals surface area contributed by atoms with Crippen LogP contribution in [0.4, 0.5) is 5.69 Å². The lowest BCUT2D eigenvalue weighted by atomic mass is 10.3. The Kier molecular flexibility index (Phi) is 5.66. The third-order valence-electron chi connectivity index (χ3n) is 2.15. The third-order valence-corrected chi connectivity index (χ3v) is 2.15. The third kappa shape index (κ3) is 4.42. The number of benzene rings is 1. The van der Waals surface area contributed by atoms with Crippen LogP contribution in [-0.4, -0.2) is 39.2 Å². The van der Waals surface area contributed by atoms with Gasteiger partial charge in [-0.3, -0.25) is 9.59 Å². The molecule has 0 heterocycles. The van der Waals surface area contributed by atoms with E-state index in [2.05, 4.69) is 10.6 Å². The minimum Gasteiger partial charge on any atom is -0.497 e. The average molecular weight is 252 g/mol. The zero-order valence-corrected chi connectivity index (χ0v) is 10.4. The van der Waals surface area contributed by atoms with Gasteiger partial charge in [0.15, 0.2) is 0 Å². The number of hydrogen-bond acceptors (Lipinski definition) is 4. The molecule has 0 radical (unpaired) electrons. The van der Waals surface area contributed by atoms with E-state index in [1.807, 2.05) is 0 Å². The highest BCUT2D eigenvalue weighted by atomic mass is 16.5. The molecule has 0 aliphatic heterocycles. The monoisotopic (exact) mass is 252 g/mol. The van der Waals surface area contributed by atoms with E-state index in [0.29, 0.717) is 24.6 Å². The largest absolute Gasteiger partial charge is 0.497 e. The molecule has 0 aliphatic carbocycles. The molecule has 0 saturated carbocycles. The van der Waals surface area contributed by atoms with Crippen molar-refractivity contribution in [3.63, 3.8) is 0 Å². The molecule has 1 aromatic carbocycles. The summed E-state index contributed by atoms with van der Waals surface area (Å²) in [5.74, 6) is -0.725. The molecule has 18 heavy (non-hydrogen) atoms. The Morgan fingerprint density at radius 3 is 2.33 bits per heavy atom. The van der Waals surface area contributed by atoms with Gasteiger partial charge in [0, 0.05) is 19.3 Å². The van der Waals surface area contributed by atoms with Gasteiger partial charge in [-0.25, -0.2) is 0 Å². The Morgan fingerprint density at radius 2 is 1.78 bits per heavy atom. The van der Waals surface area contributed by atoms with E-state index >= 15 is 0 Å². The summed E-state index contributed by atoms with van der Waals surface area (Å²) in [6.45, 7) is 0.660. The first-order valence-electron chi connectivity index (χ1n) is 5.39. The van der Waals surface area contributed by atoms with Crippen molar-refractivity contribution in [3.05, 3.63) is 24.3 Å². The molecule has 0 atom stereocenters. The Labute approximate surface area is 105 Å². The fourth-order valence-electron chi connectivity index (χ4n) is 1.21. The minimum absolute atomic E-state index is 0.297. The van der Waals surface area contributed by atoms with Gasteiger partial charge in [0.2, 0.25) is 0 Å². The second kappa shape index (κ2) is 7.29. The topological polar surface area (TPSA) is 76.7 Å². The van der Waals surface area contributed by atoms with Gasteiger partial charge in [-0.15, -0.1) is 0 Å². The number of nitrogens with one attached hydrogen (secondary N) is 2. The summed E-state index contributed by atoms with van der Waals surface area (Å²) in [4.78, 5) is 22.8. The number of amides is 2. The van der Waals surface area contributed by atoms with E-state index in [4.69, 9.17) is 9.47 Å². The molecule has 0 aromatic heterocycles. The fraction of sp³-hybridized carbons (Fsp3) is 0.333. The highest BCUT2D eigenvalue weighted by Crippen LogP contribution is 2.14. The van der Waals surface area contributed by atoms with Gasteiger partial charge in [0.05, 0.1) is 13.7 Å². The summed E-state index contributed by atoms with van der Waals surface area (Å²) in [6.07, 6.45) is 0. The van der Waals surface area contributed by atoms with Crippen LogP contribution < -0.4 is 15.4 Å². The van der Waals surface area contributed by atoms with E-state index < -0.39 is 11.8 Å². The lowest BCUT2D eigenvalue weighted by molar-refractivity contribution is -0.136. The number of methoxy groups -OCH3 is 2. The van der Waals surface area contributed by atoms with Crippen LogP contribution in [0.2, 0.25) is 0 Å². The molecule has 1 aromatic rings. The number of carbonyl (C=O) groups excluding carboxylic acids is 2. The van der Waals surface area contributed by atoms with E-state index in [-0.39, 0.29) is 0 Å². The number of hydrogen-bond donors (Lipinski definition) is 2. The van der Waals surface area contributed by atoms with Crippen LogP contribution in [0.1, 0.15) is 0 Å². The van der Waals surface area contributed by atoms with Crippen LogP contribution in [-0.2, 0) is 14.3 Å². The highest BCUT2D eigenvalue weighted by Gasteiger charge is 2.12. The van der Waals surface area contributed by atoms with Crippen molar-refractivity contribution in [1.82, 2.24) is 5.32 Å². The van der Waals surface area contributed by atoms with E-state index in [1.165, 1.54) is 7.11 Å². The van der Waals surface area contributed by atoms with Gasteiger partial charge in [-0.1, -0.05) is 0 Å². The van der Waals surface area contributed by atoms with Crippen LogP contribution in [0.25, 0.3) is 0 Å². The van der Waals surface area contributed by atoms with Crippen molar-refractivity contribution in [2.75, 3.05) is 32.7 Å². The Morgan fingerprint density at radius 1 is 1.11 bits per heavy atom. The summed E-state index contributed by atoms with van der Waals surface area (Å²) in [7, 11) is 3.07. The SMILES string of the molecule is COCCNC(=O)C(=O)Nc1ccc(OC)cc1. The Hall–Kier alpha value is -2.08. The quantitative estimate of drug-likeness (QED) is 0.587. The van der Waals surface area contributed by atoms with E-state index in [9.17, 15) is 9.59 Å². The van der Waals surface area contributed by atoms with Gasteiger partial charge >= 0.3 is 11.8 Å². The molecular weight excluding hydrogens is 236 g/mol. The van der Waals surface area contributed by atoms with Crippen LogP contribution in [0.3, 0.4) is 0 Å². The van der Waals surface area contributed by atoms with Gasteiger partial charge in [0.25, 0.3) is 0 Å². The standard InChI is InChI=1S/C12H16N2O4/c1-17-8-7-13-11(15)12(16)14-9-3-5-10(18-2)6-4-9/h3-6H,7-8H2,1-2H3,(H,13,15)(H,14,16). The summed E-state index contributed by atoms with van der Waals surface area (Å²) in [5, 5.41) is 4.90. The molecule has 6 nitrogen and oxygen atoms in total.